The molecule has 0 aliphatic carbocycles. The number of thiophene rings is 1. The highest BCUT2D eigenvalue weighted by molar-refractivity contribution is 8.00. The Morgan fingerprint density at radius 1 is 1.47 bits per heavy atom. The second-order valence-corrected chi connectivity index (χ2v) is 9.50. The molecule has 0 radical (unpaired) electrons. The van der Waals surface area contributed by atoms with E-state index in [4.69, 9.17) is 0 Å². The molecule has 0 saturated carbocycles. The summed E-state index contributed by atoms with van der Waals surface area (Å²) in [4.78, 5) is 1.12. The van der Waals surface area contributed by atoms with E-state index in [0.717, 1.165) is 23.6 Å². The molecule has 0 spiro atoms. The molecule has 1 aromatic heterocycles. The summed E-state index contributed by atoms with van der Waals surface area (Å²) in [6, 6.07) is 3.68. The molecule has 0 aromatic carbocycles. The first kappa shape index (κ1) is 15.3. The Bertz CT molecular complexity index is 513. The van der Waals surface area contributed by atoms with Crippen molar-refractivity contribution in [3.05, 3.63) is 17.0 Å². The van der Waals surface area contributed by atoms with Crippen LogP contribution in [0.1, 0.15) is 11.8 Å². The lowest BCUT2D eigenvalue weighted by molar-refractivity contribution is 0.425. The molecule has 4 nitrogen and oxygen atoms in total. The van der Waals surface area contributed by atoms with Gasteiger partial charge < -0.3 is 5.32 Å². The van der Waals surface area contributed by atoms with Crippen molar-refractivity contribution in [3.63, 3.8) is 0 Å². The van der Waals surface area contributed by atoms with E-state index in [-0.39, 0.29) is 0 Å². The van der Waals surface area contributed by atoms with E-state index in [1.54, 1.807) is 10.4 Å². The molecule has 1 aromatic rings. The maximum atomic E-state index is 12.5. The summed E-state index contributed by atoms with van der Waals surface area (Å²) in [7, 11) is -1.38. The summed E-state index contributed by atoms with van der Waals surface area (Å²) in [6.07, 6.45) is 0.878. The molecule has 1 atom stereocenters. The van der Waals surface area contributed by atoms with Crippen LogP contribution in [0.2, 0.25) is 0 Å². The summed E-state index contributed by atoms with van der Waals surface area (Å²) in [5.74, 6) is 0.887. The molecule has 1 unspecified atom stereocenters. The first-order chi connectivity index (χ1) is 9.04. The standard InChI is InChI=1S/C12H20N2O2S3/c1-10-9-14(7-8-17-10)19(15,16)12-4-3-11(18-12)5-6-13-2/h3-4,10,13H,5-9H2,1-2H3. The zero-order valence-electron chi connectivity index (χ0n) is 11.3. The molecule has 108 valence electrons. The van der Waals surface area contributed by atoms with Crippen LogP contribution < -0.4 is 5.32 Å². The van der Waals surface area contributed by atoms with Gasteiger partial charge in [-0.25, -0.2) is 8.42 Å². The average molecular weight is 321 g/mol. The van der Waals surface area contributed by atoms with Crippen LogP contribution in [0.15, 0.2) is 16.3 Å². The topological polar surface area (TPSA) is 49.4 Å². The fourth-order valence-corrected chi connectivity index (χ4v) is 6.27. The van der Waals surface area contributed by atoms with Gasteiger partial charge in [0.1, 0.15) is 4.21 Å². The van der Waals surface area contributed by atoms with Gasteiger partial charge in [-0.15, -0.1) is 11.3 Å². The molecule has 1 aliphatic rings. The summed E-state index contributed by atoms with van der Waals surface area (Å²) in [6.45, 7) is 4.20. The number of hydrogen-bond donors (Lipinski definition) is 1. The minimum absolute atomic E-state index is 0.382. The predicted octanol–water partition coefficient (Wildman–Crippen LogP) is 1.64. The lowest BCUT2D eigenvalue weighted by Crippen LogP contribution is -2.40. The predicted molar refractivity (Wildman–Crippen MR) is 82.6 cm³/mol. The van der Waals surface area contributed by atoms with Crippen LogP contribution in [0.25, 0.3) is 0 Å². The highest BCUT2D eigenvalue weighted by atomic mass is 32.2. The van der Waals surface area contributed by atoms with Crippen LogP contribution in [-0.2, 0) is 16.4 Å². The van der Waals surface area contributed by atoms with Crippen molar-refractivity contribution < 1.29 is 8.42 Å². The van der Waals surface area contributed by atoms with E-state index >= 15 is 0 Å². The number of rotatable bonds is 5. The molecule has 1 aliphatic heterocycles. The van der Waals surface area contributed by atoms with Gasteiger partial charge in [-0.1, -0.05) is 6.92 Å². The number of nitrogens with one attached hydrogen (secondary N) is 1. The molecule has 1 saturated heterocycles. The van der Waals surface area contributed by atoms with Gasteiger partial charge in [0.05, 0.1) is 0 Å². The van der Waals surface area contributed by atoms with Gasteiger partial charge in [0.2, 0.25) is 0 Å². The quantitative estimate of drug-likeness (QED) is 0.896. The summed E-state index contributed by atoms with van der Waals surface area (Å²) >= 11 is 3.24. The number of thioether (sulfide) groups is 1. The first-order valence-corrected chi connectivity index (χ1v) is 9.69. The molecule has 7 heteroatoms. The Hall–Kier alpha value is -0.0800. The van der Waals surface area contributed by atoms with Crippen LogP contribution in [0.5, 0.6) is 0 Å². The maximum absolute atomic E-state index is 12.5. The minimum Gasteiger partial charge on any atom is -0.319 e. The Kier molecular flexibility index (Phi) is 5.30. The van der Waals surface area contributed by atoms with Crippen molar-refractivity contribution in [2.24, 2.45) is 0 Å². The zero-order valence-corrected chi connectivity index (χ0v) is 13.7. The Morgan fingerprint density at radius 2 is 2.26 bits per heavy atom. The monoisotopic (exact) mass is 320 g/mol. The molecule has 1 fully saturated rings. The SMILES string of the molecule is CNCCc1ccc(S(=O)(=O)N2CCSC(C)C2)s1. The molecule has 0 amide bonds. The van der Waals surface area contributed by atoms with E-state index in [9.17, 15) is 8.42 Å². The van der Waals surface area contributed by atoms with E-state index in [1.165, 1.54) is 11.3 Å². The highest BCUT2D eigenvalue weighted by Gasteiger charge is 2.29. The fraction of sp³-hybridized carbons (Fsp3) is 0.667. The normalized spacial score (nSPS) is 21.7. The lowest BCUT2D eigenvalue weighted by atomic mass is 10.3. The second-order valence-electron chi connectivity index (χ2n) is 4.62. The molecular weight excluding hydrogens is 300 g/mol. The smallest absolute Gasteiger partial charge is 0.252 e. The van der Waals surface area contributed by atoms with Crippen molar-refractivity contribution in [3.8, 4) is 0 Å². The molecule has 2 heterocycles. The molecule has 19 heavy (non-hydrogen) atoms. The summed E-state index contributed by atoms with van der Waals surface area (Å²) in [5, 5.41) is 3.46. The van der Waals surface area contributed by atoms with E-state index < -0.39 is 10.0 Å². The summed E-state index contributed by atoms with van der Waals surface area (Å²) < 4.78 is 27.2. The Balaban J connectivity index is 2.12. The second kappa shape index (κ2) is 6.58. The molecule has 1 N–H and O–H groups in total. The van der Waals surface area contributed by atoms with Crippen LogP contribution in [0.3, 0.4) is 0 Å². The van der Waals surface area contributed by atoms with Gasteiger partial charge >= 0.3 is 0 Å². The third-order valence-electron chi connectivity index (χ3n) is 3.06. The van der Waals surface area contributed by atoms with Gasteiger partial charge in [-0.3, -0.25) is 0 Å². The fourth-order valence-electron chi connectivity index (χ4n) is 2.01. The summed E-state index contributed by atoms with van der Waals surface area (Å²) in [5.41, 5.74) is 0. The van der Waals surface area contributed by atoms with Gasteiger partial charge in [0, 0.05) is 29.0 Å². The van der Waals surface area contributed by atoms with Gasteiger partial charge in [0.25, 0.3) is 10.0 Å². The minimum atomic E-state index is -3.28. The molecule has 2 rings (SSSR count). The van der Waals surface area contributed by atoms with Crippen LogP contribution >= 0.6 is 23.1 Å². The van der Waals surface area contributed by atoms with Crippen molar-refractivity contribution in [1.29, 1.82) is 0 Å². The van der Waals surface area contributed by atoms with E-state index in [0.29, 0.717) is 22.5 Å². The third kappa shape index (κ3) is 3.72. The zero-order chi connectivity index (χ0) is 13.9. The highest BCUT2D eigenvalue weighted by Crippen LogP contribution is 2.28. The Morgan fingerprint density at radius 3 is 2.95 bits per heavy atom. The molecule has 0 bridgehead atoms. The van der Waals surface area contributed by atoms with Crippen molar-refractivity contribution in [2.45, 2.75) is 22.8 Å². The lowest BCUT2D eigenvalue weighted by Gasteiger charge is -2.29. The largest absolute Gasteiger partial charge is 0.319 e. The Labute approximate surface area is 123 Å². The van der Waals surface area contributed by atoms with E-state index in [2.05, 4.69) is 12.2 Å². The average Bonchev–Trinajstić information content (AvgIpc) is 2.86. The molecular formula is C12H20N2O2S3. The number of likely N-dealkylation sites (N-methyl/N-ethyl adjacent to an activating group) is 1. The van der Waals surface area contributed by atoms with Gasteiger partial charge in [-0.2, -0.15) is 16.1 Å². The van der Waals surface area contributed by atoms with Crippen LogP contribution in [0, 0.1) is 0 Å². The first-order valence-electron chi connectivity index (χ1n) is 6.39. The van der Waals surface area contributed by atoms with Crippen molar-refractivity contribution in [2.75, 3.05) is 32.4 Å². The van der Waals surface area contributed by atoms with Gasteiger partial charge in [0.15, 0.2) is 0 Å². The number of sulfonamides is 1. The van der Waals surface area contributed by atoms with Crippen molar-refractivity contribution >= 4 is 33.1 Å². The number of hydrogen-bond acceptors (Lipinski definition) is 5. The third-order valence-corrected chi connectivity index (χ3v) is 7.67. The van der Waals surface area contributed by atoms with Gasteiger partial charge in [-0.05, 0) is 32.1 Å². The van der Waals surface area contributed by atoms with Crippen LogP contribution in [-0.4, -0.2) is 50.4 Å². The van der Waals surface area contributed by atoms with E-state index in [1.807, 2.05) is 24.9 Å². The number of nitrogens with zero attached hydrogens (tertiary/aromatic N) is 1. The van der Waals surface area contributed by atoms with Crippen LogP contribution in [0.4, 0.5) is 0 Å². The maximum Gasteiger partial charge on any atom is 0.252 e. The van der Waals surface area contributed by atoms with Crippen molar-refractivity contribution in [1.82, 2.24) is 9.62 Å².